The number of nitrogens with zero attached hydrogens (tertiary/aromatic N) is 2. The lowest BCUT2D eigenvalue weighted by Crippen LogP contribution is -1.85. The van der Waals surface area contributed by atoms with Crippen LogP contribution in [0.4, 0.5) is 0 Å². The number of fused-ring (bicyclic) bond motifs is 1. The van der Waals surface area contributed by atoms with E-state index in [1.807, 2.05) is 36.4 Å². The molecule has 3 rings (SSSR count). The highest BCUT2D eigenvalue weighted by molar-refractivity contribution is 7.98. The quantitative estimate of drug-likeness (QED) is 0.310. The Balaban J connectivity index is 1.71. The van der Waals surface area contributed by atoms with Gasteiger partial charge in [0.05, 0.1) is 28.8 Å². The van der Waals surface area contributed by atoms with E-state index in [4.69, 9.17) is 5.26 Å². The molecule has 0 saturated heterocycles. The zero-order valence-electron chi connectivity index (χ0n) is 10.7. The summed E-state index contributed by atoms with van der Waals surface area (Å²) in [6.45, 7) is 0. The summed E-state index contributed by atoms with van der Waals surface area (Å²) in [5.74, 6) is 0.754. The standard InChI is InChI=1S/C13H11N3O3S2/c17-18-19-21-10-4-5-11-12(7-10)16-13(15-11)20-8-9-3-1-2-6-14-9/h1-7,17H,8H2,(H,15,16). The molecule has 0 amide bonds. The van der Waals surface area contributed by atoms with Crippen molar-refractivity contribution in [2.24, 2.45) is 0 Å². The van der Waals surface area contributed by atoms with Gasteiger partial charge in [0.15, 0.2) is 5.16 Å². The van der Waals surface area contributed by atoms with Crippen LogP contribution in [0.15, 0.2) is 52.6 Å². The van der Waals surface area contributed by atoms with E-state index in [0.717, 1.165) is 44.6 Å². The van der Waals surface area contributed by atoms with Gasteiger partial charge in [0.2, 0.25) is 0 Å². The Morgan fingerprint density at radius 3 is 3.00 bits per heavy atom. The molecule has 0 saturated carbocycles. The highest BCUT2D eigenvalue weighted by atomic mass is 32.2. The number of aromatic nitrogens is 3. The Hall–Kier alpha value is -1.58. The van der Waals surface area contributed by atoms with Gasteiger partial charge in [0, 0.05) is 16.8 Å². The molecule has 2 N–H and O–H groups in total. The average molecular weight is 321 g/mol. The van der Waals surface area contributed by atoms with E-state index >= 15 is 0 Å². The number of hydrogen-bond acceptors (Lipinski definition) is 7. The SMILES string of the molecule is OOOSc1ccc2nc(SCc3ccccn3)[nH]c2c1. The van der Waals surface area contributed by atoms with Crippen molar-refractivity contribution < 1.29 is 14.6 Å². The highest BCUT2D eigenvalue weighted by Gasteiger charge is 2.06. The molecule has 2 aromatic heterocycles. The largest absolute Gasteiger partial charge is 0.333 e. The maximum absolute atomic E-state index is 8.15. The first kappa shape index (κ1) is 14.4. The lowest BCUT2D eigenvalue weighted by molar-refractivity contribution is -0.432. The second kappa shape index (κ2) is 6.92. The summed E-state index contributed by atoms with van der Waals surface area (Å²) in [5.41, 5.74) is 2.77. The number of thioether (sulfide) groups is 1. The number of H-pyrrole nitrogens is 1. The van der Waals surface area contributed by atoms with Gasteiger partial charge in [0.1, 0.15) is 0 Å². The molecule has 0 bridgehead atoms. The Kier molecular flexibility index (Phi) is 4.73. The third-order valence-corrected chi connectivity index (χ3v) is 4.16. The van der Waals surface area contributed by atoms with Crippen molar-refractivity contribution in [3.05, 3.63) is 48.3 Å². The molecule has 0 aliphatic rings. The number of imidazole rings is 1. The van der Waals surface area contributed by atoms with Gasteiger partial charge in [-0.1, -0.05) is 22.9 Å². The van der Waals surface area contributed by atoms with E-state index in [1.54, 1.807) is 18.0 Å². The summed E-state index contributed by atoms with van der Waals surface area (Å²) in [6.07, 6.45) is 1.78. The van der Waals surface area contributed by atoms with Gasteiger partial charge >= 0.3 is 0 Å². The molecule has 0 aliphatic heterocycles. The van der Waals surface area contributed by atoms with E-state index in [-0.39, 0.29) is 0 Å². The van der Waals surface area contributed by atoms with E-state index < -0.39 is 0 Å². The molecule has 0 radical (unpaired) electrons. The van der Waals surface area contributed by atoms with Crippen LogP contribution in [0, 0.1) is 0 Å². The molecule has 0 aliphatic carbocycles. The van der Waals surface area contributed by atoms with Crippen LogP contribution >= 0.6 is 23.8 Å². The Morgan fingerprint density at radius 2 is 2.19 bits per heavy atom. The first-order valence-electron chi connectivity index (χ1n) is 6.02. The molecule has 108 valence electrons. The van der Waals surface area contributed by atoms with Crippen LogP contribution in [0.2, 0.25) is 0 Å². The van der Waals surface area contributed by atoms with Gasteiger partial charge in [-0.25, -0.2) is 10.2 Å². The van der Waals surface area contributed by atoms with E-state index in [9.17, 15) is 0 Å². The van der Waals surface area contributed by atoms with Crippen molar-refractivity contribution in [1.29, 1.82) is 0 Å². The van der Waals surface area contributed by atoms with Crippen LogP contribution in [-0.2, 0) is 15.1 Å². The van der Waals surface area contributed by atoms with Crippen molar-refractivity contribution in [2.45, 2.75) is 15.8 Å². The van der Waals surface area contributed by atoms with Crippen molar-refractivity contribution in [3.63, 3.8) is 0 Å². The minimum Gasteiger partial charge on any atom is -0.333 e. The Morgan fingerprint density at radius 1 is 1.24 bits per heavy atom. The van der Waals surface area contributed by atoms with Crippen LogP contribution in [0.3, 0.4) is 0 Å². The topological polar surface area (TPSA) is 80.3 Å². The van der Waals surface area contributed by atoms with E-state index in [0.29, 0.717) is 0 Å². The highest BCUT2D eigenvalue weighted by Crippen LogP contribution is 2.26. The summed E-state index contributed by atoms with van der Waals surface area (Å²) >= 11 is 2.51. The molecule has 3 aromatic rings. The fourth-order valence-electron chi connectivity index (χ4n) is 1.77. The lowest BCUT2D eigenvalue weighted by atomic mass is 10.3. The van der Waals surface area contributed by atoms with Crippen molar-refractivity contribution in [1.82, 2.24) is 15.0 Å². The number of nitrogens with one attached hydrogen (secondary N) is 1. The first-order chi connectivity index (χ1) is 10.3. The predicted octanol–water partition coefficient (Wildman–Crippen LogP) is 3.68. The number of aromatic amines is 1. The fraction of sp³-hybridized carbons (Fsp3) is 0.0769. The second-order valence-corrected chi connectivity index (χ2v) is 5.79. The van der Waals surface area contributed by atoms with Gasteiger partial charge in [0.25, 0.3) is 0 Å². The van der Waals surface area contributed by atoms with E-state index in [2.05, 4.69) is 24.3 Å². The molecular formula is C13H11N3O3S2. The van der Waals surface area contributed by atoms with Gasteiger partial charge in [-0.3, -0.25) is 4.98 Å². The van der Waals surface area contributed by atoms with Crippen LogP contribution in [0.1, 0.15) is 5.69 Å². The van der Waals surface area contributed by atoms with Crippen molar-refractivity contribution in [2.75, 3.05) is 0 Å². The van der Waals surface area contributed by atoms with Crippen molar-refractivity contribution in [3.8, 4) is 0 Å². The fourth-order valence-corrected chi connectivity index (χ4v) is 2.96. The van der Waals surface area contributed by atoms with Crippen LogP contribution in [-0.4, -0.2) is 20.2 Å². The zero-order valence-corrected chi connectivity index (χ0v) is 12.4. The third kappa shape index (κ3) is 3.74. The summed E-state index contributed by atoms with van der Waals surface area (Å²) in [6, 6.07) is 11.4. The average Bonchev–Trinajstić information content (AvgIpc) is 2.94. The maximum Gasteiger partial charge on any atom is 0.166 e. The first-order valence-corrected chi connectivity index (χ1v) is 7.75. The number of hydrogen-bond donors (Lipinski definition) is 2. The summed E-state index contributed by atoms with van der Waals surface area (Å²) < 4.78 is 4.41. The second-order valence-electron chi connectivity index (χ2n) is 4.06. The van der Waals surface area contributed by atoms with E-state index in [1.165, 1.54) is 0 Å². The molecule has 1 aromatic carbocycles. The minimum atomic E-state index is 0.754. The predicted molar refractivity (Wildman–Crippen MR) is 80.5 cm³/mol. The van der Waals surface area contributed by atoms with Crippen LogP contribution in [0.5, 0.6) is 0 Å². The molecule has 0 atom stereocenters. The van der Waals surface area contributed by atoms with Crippen molar-refractivity contribution >= 4 is 34.8 Å². The Bertz CT molecular complexity index is 721. The molecule has 8 heteroatoms. The summed E-state index contributed by atoms with van der Waals surface area (Å²) in [7, 11) is 0. The Labute approximate surface area is 129 Å². The number of pyridine rings is 1. The van der Waals surface area contributed by atoms with Gasteiger partial charge in [-0.05, 0) is 30.3 Å². The molecule has 0 spiro atoms. The molecule has 6 nitrogen and oxygen atoms in total. The normalized spacial score (nSPS) is 11.1. The van der Waals surface area contributed by atoms with Gasteiger partial charge in [-0.15, -0.1) is 4.33 Å². The van der Waals surface area contributed by atoms with Crippen LogP contribution in [0.25, 0.3) is 11.0 Å². The van der Waals surface area contributed by atoms with Gasteiger partial charge in [-0.2, -0.15) is 0 Å². The van der Waals surface area contributed by atoms with Gasteiger partial charge < -0.3 is 4.98 Å². The summed E-state index contributed by atoms with van der Waals surface area (Å²) in [4.78, 5) is 12.8. The molecule has 2 heterocycles. The molecule has 21 heavy (non-hydrogen) atoms. The molecule has 0 unspecified atom stereocenters. The zero-order chi connectivity index (χ0) is 14.5. The number of benzene rings is 1. The minimum absolute atomic E-state index is 0.754. The third-order valence-electron chi connectivity index (χ3n) is 2.68. The lowest BCUT2D eigenvalue weighted by Gasteiger charge is -1.97. The monoisotopic (exact) mass is 321 g/mol. The summed E-state index contributed by atoms with van der Waals surface area (Å²) in [5, 5.41) is 12.6. The molecular weight excluding hydrogens is 310 g/mol. The number of rotatable bonds is 6. The maximum atomic E-state index is 8.15. The smallest absolute Gasteiger partial charge is 0.166 e. The molecule has 0 fully saturated rings. The van der Waals surface area contributed by atoms with Crippen LogP contribution < -0.4 is 0 Å².